The van der Waals surface area contributed by atoms with Gasteiger partial charge in [0.15, 0.2) is 5.78 Å². The van der Waals surface area contributed by atoms with Crippen molar-refractivity contribution in [1.29, 1.82) is 0 Å². The molecule has 0 aliphatic heterocycles. The predicted octanol–water partition coefficient (Wildman–Crippen LogP) is 3.47. The first kappa shape index (κ1) is 14.2. The van der Waals surface area contributed by atoms with Crippen LogP contribution in [0.25, 0.3) is 5.57 Å². The van der Waals surface area contributed by atoms with Gasteiger partial charge in [-0.05, 0) is 23.3 Å². The molecule has 0 aliphatic carbocycles. The van der Waals surface area contributed by atoms with Crippen molar-refractivity contribution in [2.45, 2.75) is 12.5 Å². The molecule has 0 aromatic heterocycles. The molecular formula is C17H15FO2. The van der Waals surface area contributed by atoms with Crippen LogP contribution >= 0.6 is 0 Å². The number of hydrogen-bond donors (Lipinski definition) is 1. The van der Waals surface area contributed by atoms with Crippen LogP contribution in [0.5, 0.6) is 0 Å². The third kappa shape index (κ3) is 3.39. The van der Waals surface area contributed by atoms with E-state index in [0.717, 1.165) is 0 Å². The number of aliphatic hydroxyl groups excluding tert-OH is 1. The van der Waals surface area contributed by atoms with Gasteiger partial charge in [-0.2, -0.15) is 0 Å². The number of benzene rings is 2. The van der Waals surface area contributed by atoms with E-state index in [1.54, 1.807) is 42.5 Å². The highest BCUT2D eigenvalue weighted by Gasteiger charge is 2.18. The van der Waals surface area contributed by atoms with Gasteiger partial charge >= 0.3 is 0 Å². The number of hydrogen-bond acceptors (Lipinski definition) is 2. The molecule has 1 atom stereocenters. The van der Waals surface area contributed by atoms with E-state index in [9.17, 15) is 14.3 Å². The van der Waals surface area contributed by atoms with Gasteiger partial charge in [0.2, 0.25) is 0 Å². The highest BCUT2D eigenvalue weighted by molar-refractivity contribution is 6.00. The van der Waals surface area contributed by atoms with Gasteiger partial charge in [0.25, 0.3) is 0 Å². The third-order valence-corrected chi connectivity index (χ3v) is 3.05. The van der Waals surface area contributed by atoms with Gasteiger partial charge in [-0.25, -0.2) is 4.39 Å². The molecule has 2 nitrogen and oxygen atoms in total. The normalized spacial score (nSPS) is 11.9. The number of Topliss-reactive ketones (excluding diaryl/α,β-unsaturated/α-hetero) is 1. The maximum absolute atomic E-state index is 12.8. The number of carbonyl (C=O) groups excluding carboxylic acids is 1. The minimum atomic E-state index is -1.14. The largest absolute Gasteiger partial charge is 0.385 e. The van der Waals surface area contributed by atoms with Gasteiger partial charge < -0.3 is 5.11 Å². The molecule has 0 heterocycles. The first-order valence-electron chi connectivity index (χ1n) is 6.29. The Balaban J connectivity index is 2.04. The maximum atomic E-state index is 12.8. The lowest BCUT2D eigenvalue weighted by atomic mass is 9.97. The Labute approximate surface area is 117 Å². The second-order valence-electron chi connectivity index (χ2n) is 4.56. The average molecular weight is 270 g/mol. The zero-order valence-corrected chi connectivity index (χ0v) is 10.9. The van der Waals surface area contributed by atoms with E-state index < -0.39 is 6.10 Å². The SMILES string of the molecule is C=C(CC(O)C(=O)c1ccccc1)c1ccc(F)cc1. The molecular weight excluding hydrogens is 255 g/mol. The Morgan fingerprint density at radius 3 is 2.25 bits per heavy atom. The Bertz CT molecular complexity index is 603. The summed E-state index contributed by atoms with van der Waals surface area (Å²) < 4.78 is 12.8. The van der Waals surface area contributed by atoms with Crippen molar-refractivity contribution in [3.63, 3.8) is 0 Å². The van der Waals surface area contributed by atoms with E-state index in [0.29, 0.717) is 16.7 Å². The fourth-order valence-electron chi connectivity index (χ4n) is 1.92. The summed E-state index contributed by atoms with van der Waals surface area (Å²) in [6.07, 6.45) is -1.02. The predicted molar refractivity (Wildman–Crippen MR) is 76.8 cm³/mol. The quantitative estimate of drug-likeness (QED) is 0.845. The molecule has 2 aromatic rings. The number of carbonyl (C=O) groups is 1. The smallest absolute Gasteiger partial charge is 0.191 e. The van der Waals surface area contributed by atoms with Gasteiger partial charge in [-0.1, -0.05) is 49.0 Å². The van der Waals surface area contributed by atoms with E-state index in [2.05, 4.69) is 6.58 Å². The van der Waals surface area contributed by atoms with E-state index in [1.807, 2.05) is 0 Å². The second kappa shape index (κ2) is 6.26. The molecule has 0 fully saturated rings. The zero-order chi connectivity index (χ0) is 14.5. The van der Waals surface area contributed by atoms with Crippen molar-refractivity contribution < 1.29 is 14.3 Å². The molecule has 0 saturated heterocycles. The second-order valence-corrected chi connectivity index (χ2v) is 4.56. The fraction of sp³-hybridized carbons (Fsp3) is 0.118. The lowest BCUT2D eigenvalue weighted by molar-refractivity contribution is 0.0757. The molecule has 1 unspecified atom stereocenters. The molecule has 0 saturated carbocycles. The van der Waals surface area contributed by atoms with E-state index in [-0.39, 0.29) is 18.0 Å². The number of rotatable bonds is 5. The van der Waals surface area contributed by atoms with Crippen LogP contribution in [0.1, 0.15) is 22.3 Å². The topological polar surface area (TPSA) is 37.3 Å². The lowest BCUT2D eigenvalue weighted by Crippen LogP contribution is -2.20. The van der Waals surface area contributed by atoms with E-state index in [1.165, 1.54) is 12.1 Å². The maximum Gasteiger partial charge on any atom is 0.191 e. The van der Waals surface area contributed by atoms with Crippen molar-refractivity contribution in [2.75, 3.05) is 0 Å². The molecule has 0 aliphatic rings. The first-order valence-corrected chi connectivity index (χ1v) is 6.29. The summed E-state index contributed by atoms with van der Waals surface area (Å²) in [7, 11) is 0. The van der Waals surface area contributed by atoms with Crippen LogP contribution in [0.4, 0.5) is 4.39 Å². The molecule has 20 heavy (non-hydrogen) atoms. The summed E-state index contributed by atoms with van der Waals surface area (Å²) in [6, 6.07) is 14.4. The van der Waals surface area contributed by atoms with Crippen molar-refractivity contribution in [3.8, 4) is 0 Å². The standard InChI is InChI=1S/C17H15FO2/c1-12(13-7-9-15(18)10-8-13)11-16(19)17(20)14-5-3-2-4-6-14/h2-10,16,19H,1,11H2. The summed E-state index contributed by atoms with van der Waals surface area (Å²) in [5.74, 6) is -0.670. The van der Waals surface area contributed by atoms with E-state index >= 15 is 0 Å². The molecule has 1 N–H and O–H groups in total. The Morgan fingerprint density at radius 1 is 1.05 bits per heavy atom. The third-order valence-electron chi connectivity index (χ3n) is 3.05. The molecule has 2 rings (SSSR count). The van der Waals surface area contributed by atoms with Gasteiger partial charge in [-0.15, -0.1) is 0 Å². The average Bonchev–Trinajstić information content (AvgIpc) is 2.48. The highest BCUT2D eigenvalue weighted by Crippen LogP contribution is 2.20. The fourth-order valence-corrected chi connectivity index (χ4v) is 1.92. The Morgan fingerprint density at radius 2 is 1.65 bits per heavy atom. The zero-order valence-electron chi connectivity index (χ0n) is 10.9. The molecule has 3 heteroatoms. The molecule has 0 amide bonds. The number of aliphatic hydroxyl groups is 1. The summed E-state index contributed by atoms with van der Waals surface area (Å²) in [4.78, 5) is 12.0. The van der Waals surface area contributed by atoms with Crippen LogP contribution in [0.15, 0.2) is 61.2 Å². The Hall–Kier alpha value is -2.26. The van der Waals surface area contributed by atoms with Gasteiger partial charge in [0, 0.05) is 12.0 Å². The van der Waals surface area contributed by atoms with Crippen LogP contribution in [0, 0.1) is 5.82 Å². The first-order chi connectivity index (χ1) is 9.58. The van der Waals surface area contributed by atoms with Crippen molar-refractivity contribution in [1.82, 2.24) is 0 Å². The molecule has 2 aromatic carbocycles. The van der Waals surface area contributed by atoms with Crippen LogP contribution < -0.4 is 0 Å². The Kier molecular flexibility index (Phi) is 4.43. The number of ketones is 1. The monoisotopic (exact) mass is 270 g/mol. The van der Waals surface area contributed by atoms with Crippen LogP contribution in [-0.2, 0) is 0 Å². The van der Waals surface area contributed by atoms with Crippen molar-refractivity contribution in [2.24, 2.45) is 0 Å². The van der Waals surface area contributed by atoms with Crippen molar-refractivity contribution in [3.05, 3.63) is 78.1 Å². The number of halogens is 1. The van der Waals surface area contributed by atoms with Gasteiger partial charge in [-0.3, -0.25) is 4.79 Å². The molecule has 102 valence electrons. The van der Waals surface area contributed by atoms with E-state index in [4.69, 9.17) is 0 Å². The van der Waals surface area contributed by atoms with Crippen LogP contribution in [0.3, 0.4) is 0 Å². The minimum absolute atomic E-state index is 0.124. The summed E-state index contributed by atoms with van der Waals surface area (Å²) in [6.45, 7) is 3.84. The summed E-state index contributed by atoms with van der Waals surface area (Å²) in [5, 5.41) is 9.97. The van der Waals surface area contributed by atoms with Gasteiger partial charge in [0.1, 0.15) is 11.9 Å². The van der Waals surface area contributed by atoms with Crippen LogP contribution in [0.2, 0.25) is 0 Å². The molecule has 0 bridgehead atoms. The van der Waals surface area contributed by atoms with Crippen LogP contribution in [-0.4, -0.2) is 17.0 Å². The lowest BCUT2D eigenvalue weighted by Gasteiger charge is -2.12. The summed E-state index contributed by atoms with van der Waals surface area (Å²) in [5.41, 5.74) is 1.78. The summed E-state index contributed by atoms with van der Waals surface area (Å²) >= 11 is 0. The minimum Gasteiger partial charge on any atom is -0.385 e. The van der Waals surface area contributed by atoms with Gasteiger partial charge in [0.05, 0.1) is 0 Å². The molecule has 0 radical (unpaired) electrons. The molecule has 0 spiro atoms. The van der Waals surface area contributed by atoms with Crippen molar-refractivity contribution >= 4 is 11.4 Å². The highest BCUT2D eigenvalue weighted by atomic mass is 19.1.